The molecule has 1 aliphatic rings. The Morgan fingerprint density at radius 3 is 2.62 bits per heavy atom. The number of nitrogens with zero attached hydrogens (tertiary/aromatic N) is 2. The van der Waals surface area contributed by atoms with Crippen molar-refractivity contribution in [2.24, 2.45) is 0 Å². The van der Waals surface area contributed by atoms with Gasteiger partial charge >= 0.3 is 12.2 Å². The number of anilines is 1. The molecule has 170 valence electrons. The van der Waals surface area contributed by atoms with Crippen LogP contribution >= 0.6 is 11.3 Å². The van der Waals surface area contributed by atoms with Crippen molar-refractivity contribution in [3.05, 3.63) is 70.0 Å². The number of nitrogens with one attached hydrogen (secondary N) is 2. The summed E-state index contributed by atoms with van der Waals surface area (Å²) in [7, 11) is 0. The van der Waals surface area contributed by atoms with Crippen LogP contribution in [0.3, 0.4) is 0 Å². The number of amides is 2. The third kappa shape index (κ3) is 5.17. The van der Waals surface area contributed by atoms with Gasteiger partial charge in [0.15, 0.2) is 5.01 Å². The molecule has 0 radical (unpaired) electrons. The number of ether oxygens (including phenoxy) is 1. The first-order valence-electron chi connectivity index (χ1n) is 10.4. The largest absolute Gasteiger partial charge is 0.505 e. The van der Waals surface area contributed by atoms with Gasteiger partial charge in [0, 0.05) is 5.38 Å². The highest BCUT2D eigenvalue weighted by atomic mass is 32.1. The molecule has 0 aliphatic heterocycles. The first kappa shape index (κ1) is 22.8. The second kappa shape index (κ2) is 9.65. The Morgan fingerprint density at radius 1 is 1.24 bits per heavy atom. The van der Waals surface area contributed by atoms with E-state index in [4.69, 9.17) is 16.3 Å². The quantitative estimate of drug-likeness (QED) is 0.332. The van der Waals surface area contributed by atoms with E-state index in [2.05, 4.69) is 27.6 Å². The highest BCUT2D eigenvalue weighted by Crippen LogP contribution is 2.48. The Morgan fingerprint density at radius 2 is 2.00 bits per heavy atom. The first-order valence-corrected chi connectivity index (χ1v) is 11.3. The van der Waals surface area contributed by atoms with Gasteiger partial charge in [-0.1, -0.05) is 42.5 Å². The average Bonchev–Trinajstić information content (AvgIpc) is 3.53. The minimum absolute atomic E-state index is 0.269. The zero-order valence-electron chi connectivity index (χ0n) is 17.9. The molecular formula is C25H20N4O4S. The third-order valence-corrected chi connectivity index (χ3v) is 6.35. The number of hydrogen-bond donors (Lipinski definition) is 3. The average molecular weight is 473 g/mol. The standard InChI is InChI=1S/C25H20N4O4S/c1-2-22-28-21(14-34-22)29-23(30)27-20(13-33-24(31)32)17-8-6-16(7-9-17)18-4-3-5-19(12-18)25(15-26)10-11-25/h1,3-9,12,14,20H,10-11,13H2,(H,31,32)(H2,27,29,30)/t20-/m0/s1. The molecular weight excluding hydrogens is 452 g/mol. The van der Waals surface area contributed by atoms with Gasteiger partial charge in [-0.2, -0.15) is 5.26 Å². The first-order chi connectivity index (χ1) is 16.4. The number of terminal acetylenes is 1. The van der Waals surface area contributed by atoms with Crippen LogP contribution in [0.2, 0.25) is 0 Å². The minimum atomic E-state index is -1.44. The van der Waals surface area contributed by atoms with Crippen LogP contribution in [0.25, 0.3) is 11.1 Å². The number of urea groups is 1. The van der Waals surface area contributed by atoms with Crippen LogP contribution in [0, 0.1) is 23.7 Å². The fourth-order valence-corrected chi connectivity index (χ4v) is 4.13. The number of rotatable bonds is 7. The molecule has 1 heterocycles. The van der Waals surface area contributed by atoms with Gasteiger partial charge in [-0.3, -0.25) is 5.32 Å². The molecule has 1 aromatic heterocycles. The van der Waals surface area contributed by atoms with Crippen LogP contribution in [0.5, 0.6) is 0 Å². The molecule has 0 unspecified atom stereocenters. The molecule has 4 rings (SSSR count). The summed E-state index contributed by atoms with van der Waals surface area (Å²) in [4.78, 5) is 27.5. The zero-order chi connectivity index (χ0) is 24.1. The zero-order valence-corrected chi connectivity index (χ0v) is 18.8. The molecule has 3 aromatic rings. The molecule has 34 heavy (non-hydrogen) atoms. The lowest BCUT2D eigenvalue weighted by molar-refractivity contribution is 0.0833. The van der Waals surface area contributed by atoms with E-state index in [0.29, 0.717) is 16.4 Å². The molecule has 0 bridgehead atoms. The van der Waals surface area contributed by atoms with Crippen molar-refractivity contribution < 1.29 is 19.4 Å². The van der Waals surface area contributed by atoms with Gasteiger partial charge in [0.2, 0.25) is 0 Å². The fraction of sp³-hybridized carbons (Fsp3) is 0.200. The molecule has 1 atom stereocenters. The van der Waals surface area contributed by atoms with Crippen molar-refractivity contribution in [2.45, 2.75) is 24.3 Å². The summed E-state index contributed by atoms with van der Waals surface area (Å²) in [6.07, 6.45) is 5.60. The second-order valence-electron chi connectivity index (χ2n) is 7.81. The van der Waals surface area contributed by atoms with Gasteiger partial charge in [0.25, 0.3) is 0 Å². The van der Waals surface area contributed by atoms with E-state index < -0.39 is 18.2 Å². The summed E-state index contributed by atoms with van der Waals surface area (Å²) in [5.41, 5.74) is 3.21. The van der Waals surface area contributed by atoms with E-state index in [9.17, 15) is 14.9 Å². The summed E-state index contributed by atoms with van der Waals surface area (Å²) < 4.78 is 4.72. The van der Waals surface area contributed by atoms with Crippen LogP contribution in [0.15, 0.2) is 53.9 Å². The highest BCUT2D eigenvalue weighted by molar-refractivity contribution is 7.10. The lowest BCUT2D eigenvalue weighted by Crippen LogP contribution is -2.35. The van der Waals surface area contributed by atoms with Gasteiger partial charge < -0.3 is 15.2 Å². The maximum Gasteiger partial charge on any atom is 0.505 e. The SMILES string of the molecule is C#Cc1nc(NC(=O)N[C@@H](COC(=O)O)c2ccc(-c3cccc(C4(C#N)CC4)c3)cc2)cs1. The molecule has 0 spiro atoms. The van der Waals surface area contributed by atoms with Crippen molar-refractivity contribution in [1.29, 1.82) is 5.26 Å². The van der Waals surface area contributed by atoms with Gasteiger partial charge in [-0.05, 0) is 47.1 Å². The molecule has 8 nitrogen and oxygen atoms in total. The molecule has 1 fully saturated rings. The molecule has 0 saturated heterocycles. The van der Waals surface area contributed by atoms with Crippen LogP contribution in [0.1, 0.15) is 35.0 Å². The summed E-state index contributed by atoms with van der Waals surface area (Å²) in [6, 6.07) is 16.4. The Hall–Kier alpha value is -4.34. The minimum Gasteiger partial charge on any atom is -0.450 e. The maximum atomic E-state index is 12.5. The molecule has 1 aliphatic carbocycles. The van der Waals surface area contributed by atoms with E-state index in [-0.39, 0.29) is 12.0 Å². The summed E-state index contributed by atoms with van der Waals surface area (Å²) in [5.74, 6) is 2.69. The van der Waals surface area contributed by atoms with Crippen LogP contribution < -0.4 is 10.6 Å². The van der Waals surface area contributed by atoms with Crippen molar-refractivity contribution in [3.63, 3.8) is 0 Å². The number of benzene rings is 2. The van der Waals surface area contributed by atoms with Gasteiger partial charge in [0.05, 0.1) is 17.5 Å². The molecule has 2 aromatic carbocycles. The molecule has 2 amide bonds. The number of carbonyl (C=O) groups is 2. The normalized spacial score (nSPS) is 14.2. The second-order valence-corrected chi connectivity index (χ2v) is 8.67. The molecule has 9 heteroatoms. The van der Waals surface area contributed by atoms with Crippen molar-refractivity contribution >= 4 is 29.3 Å². The number of aromatic nitrogens is 1. The van der Waals surface area contributed by atoms with Crippen LogP contribution in [-0.2, 0) is 10.2 Å². The Kier molecular flexibility index (Phi) is 6.48. The fourth-order valence-electron chi connectivity index (χ4n) is 3.58. The molecule has 1 saturated carbocycles. The van der Waals surface area contributed by atoms with Gasteiger partial charge in [0.1, 0.15) is 12.4 Å². The Labute approximate surface area is 200 Å². The van der Waals surface area contributed by atoms with Crippen molar-refractivity contribution in [1.82, 2.24) is 10.3 Å². The lowest BCUT2D eigenvalue weighted by atomic mass is 9.93. The van der Waals surface area contributed by atoms with E-state index in [1.165, 1.54) is 11.3 Å². The number of hydrogen-bond acceptors (Lipinski definition) is 6. The summed E-state index contributed by atoms with van der Waals surface area (Å²) in [5, 5.41) is 25.7. The smallest absolute Gasteiger partial charge is 0.450 e. The Bertz CT molecular complexity index is 1300. The van der Waals surface area contributed by atoms with E-state index >= 15 is 0 Å². The van der Waals surface area contributed by atoms with Crippen molar-refractivity contribution in [2.75, 3.05) is 11.9 Å². The number of thiazole rings is 1. The van der Waals surface area contributed by atoms with Crippen LogP contribution in [-0.4, -0.2) is 28.9 Å². The van der Waals surface area contributed by atoms with E-state index in [1.807, 2.05) is 36.4 Å². The topological polar surface area (TPSA) is 124 Å². The monoisotopic (exact) mass is 472 g/mol. The molecule has 3 N–H and O–H groups in total. The lowest BCUT2D eigenvalue weighted by Gasteiger charge is -2.19. The predicted octanol–water partition coefficient (Wildman–Crippen LogP) is 4.90. The Balaban J connectivity index is 1.50. The highest BCUT2D eigenvalue weighted by Gasteiger charge is 2.44. The van der Waals surface area contributed by atoms with E-state index in [0.717, 1.165) is 29.5 Å². The number of carboxylic acid groups (broad SMARTS) is 1. The van der Waals surface area contributed by atoms with Gasteiger partial charge in [-0.25, -0.2) is 14.6 Å². The predicted molar refractivity (Wildman–Crippen MR) is 127 cm³/mol. The van der Waals surface area contributed by atoms with Crippen molar-refractivity contribution in [3.8, 4) is 29.5 Å². The van der Waals surface area contributed by atoms with E-state index in [1.54, 1.807) is 17.5 Å². The van der Waals surface area contributed by atoms with Crippen LogP contribution in [0.4, 0.5) is 15.4 Å². The summed E-state index contributed by atoms with van der Waals surface area (Å²) >= 11 is 1.22. The number of carbonyl (C=O) groups excluding carboxylic acids is 1. The maximum absolute atomic E-state index is 12.5. The third-order valence-electron chi connectivity index (χ3n) is 5.57. The number of nitriles is 1. The summed E-state index contributed by atoms with van der Waals surface area (Å²) in [6.45, 7) is -0.269. The van der Waals surface area contributed by atoms with Gasteiger partial charge in [-0.15, -0.1) is 17.8 Å².